The highest BCUT2D eigenvalue weighted by Gasteiger charge is 2.21. The van der Waals surface area contributed by atoms with Crippen LogP contribution in [0.5, 0.6) is 5.75 Å². The summed E-state index contributed by atoms with van der Waals surface area (Å²) in [5.41, 5.74) is 4.70. The monoisotopic (exact) mass is 529 g/mol. The Hall–Kier alpha value is -4.28. The molecule has 2 aromatic heterocycles. The molecule has 10 heteroatoms. The number of amides is 1. The maximum absolute atomic E-state index is 13.6. The van der Waals surface area contributed by atoms with E-state index in [4.69, 9.17) is 9.15 Å². The molecule has 0 radical (unpaired) electrons. The summed E-state index contributed by atoms with van der Waals surface area (Å²) in [6, 6.07) is 16.7. The van der Waals surface area contributed by atoms with Gasteiger partial charge in [-0.15, -0.1) is 14.3 Å². The second kappa shape index (κ2) is 11.0. The van der Waals surface area contributed by atoms with E-state index in [1.165, 1.54) is 4.90 Å². The van der Waals surface area contributed by atoms with Gasteiger partial charge in [-0.1, -0.05) is 32.0 Å². The molecule has 194 valence electrons. The highest BCUT2D eigenvalue weighted by atomic mass is 31.0. The number of anilines is 1. The molecule has 0 spiro atoms. The van der Waals surface area contributed by atoms with Crippen LogP contribution in [0.4, 0.5) is 5.69 Å². The summed E-state index contributed by atoms with van der Waals surface area (Å²) in [5.74, 6) is -0.121. The van der Waals surface area contributed by atoms with E-state index in [1.807, 2.05) is 39.0 Å². The van der Waals surface area contributed by atoms with Gasteiger partial charge in [0.25, 0.3) is 5.91 Å². The number of nitrogens with zero attached hydrogens (tertiary/aromatic N) is 4. The second-order valence-electron chi connectivity index (χ2n) is 9.42. The Morgan fingerprint density at radius 3 is 2.66 bits per heavy atom. The first-order valence-electron chi connectivity index (χ1n) is 11.9. The SMILES string of the molecule is Cc1ccc(C(=O)N(C)c2ccccc2OCCc2n[nH]c(=O)o2)cc1-c1cnc(C(C)(C)P)cc1C#N. The number of benzene rings is 2. The van der Waals surface area contributed by atoms with Crippen LogP contribution in [-0.2, 0) is 11.6 Å². The minimum Gasteiger partial charge on any atom is -0.491 e. The van der Waals surface area contributed by atoms with Crippen LogP contribution in [0.25, 0.3) is 11.1 Å². The van der Waals surface area contributed by atoms with Crippen LogP contribution >= 0.6 is 9.24 Å². The maximum Gasteiger partial charge on any atom is 0.434 e. The predicted octanol–water partition coefficient (Wildman–Crippen LogP) is 4.61. The number of para-hydroxylation sites is 2. The Bertz CT molecular complexity index is 1580. The molecule has 0 bridgehead atoms. The largest absolute Gasteiger partial charge is 0.491 e. The Morgan fingerprint density at radius 1 is 1.21 bits per heavy atom. The molecule has 0 saturated carbocycles. The first-order valence-corrected chi connectivity index (χ1v) is 12.5. The van der Waals surface area contributed by atoms with Gasteiger partial charge in [0, 0.05) is 29.5 Å². The van der Waals surface area contributed by atoms with Gasteiger partial charge in [0.1, 0.15) is 5.75 Å². The third-order valence-corrected chi connectivity index (χ3v) is 6.34. The van der Waals surface area contributed by atoms with Crippen molar-refractivity contribution < 1.29 is 13.9 Å². The first kappa shape index (κ1) is 26.8. The molecule has 1 atom stereocenters. The van der Waals surface area contributed by atoms with Crippen LogP contribution in [0.15, 0.2) is 63.9 Å². The Balaban J connectivity index is 1.60. The van der Waals surface area contributed by atoms with E-state index in [2.05, 4.69) is 30.5 Å². The van der Waals surface area contributed by atoms with Crippen molar-refractivity contribution in [1.29, 1.82) is 5.26 Å². The molecule has 4 rings (SSSR count). The van der Waals surface area contributed by atoms with Crippen LogP contribution in [0.1, 0.15) is 46.9 Å². The molecular formula is C28H28N5O4P. The number of aryl methyl sites for hydroxylation is 1. The zero-order valence-electron chi connectivity index (χ0n) is 21.6. The Kier molecular flexibility index (Phi) is 7.75. The molecule has 38 heavy (non-hydrogen) atoms. The van der Waals surface area contributed by atoms with Gasteiger partial charge in [-0.25, -0.2) is 9.89 Å². The normalized spacial score (nSPS) is 11.2. The molecule has 4 aromatic rings. The third-order valence-electron chi connectivity index (χ3n) is 6.05. The van der Waals surface area contributed by atoms with Crippen LogP contribution in [0.2, 0.25) is 0 Å². The van der Waals surface area contributed by atoms with Crippen molar-refractivity contribution >= 4 is 20.8 Å². The quantitative estimate of drug-likeness (QED) is 0.330. The van der Waals surface area contributed by atoms with Crippen LogP contribution in [0, 0.1) is 18.3 Å². The Morgan fingerprint density at radius 2 is 1.97 bits per heavy atom. The lowest BCUT2D eigenvalue weighted by atomic mass is 9.94. The van der Waals surface area contributed by atoms with Gasteiger partial charge < -0.3 is 14.1 Å². The molecule has 0 aliphatic carbocycles. The molecule has 1 N–H and O–H groups in total. The lowest BCUT2D eigenvalue weighted by Gasteiger charge is -2.22. The number of aromatic amines is 1. The number of H-pyrrole nitrogens is 1. The van der Waals surface area contributed by atoms with Gasteiger partial charge >= 0.3 is 5.76 Å². The second-order valence-corrected chi connectivity index (χ2v) is 10.9. The summed E-state index contributed by atoms with van der Waals surface area (Å²) < 4.78 is 10.8. The third kappa shape index (κ3) is 5.82. The molecular weight excluding hydrogens is 501 g/mol. The number of hydrogen-bond donors (Lipinski definition) is 1. The fourth-order valence-electron chi connectivity index (χ4n) is 3.94. The van der Waals surface area contributed by atoms with Crippen molar-refractivity contribution in [2.45, 2.75) is 32.3 Å². The average molecular weight is 530 g/mol. The minimum absolute atomic E-state index is 0.203. The van der Waals surface area contributed by atoms with Gasteiger partial charge in [0.05, 0.1) is 36.0 Å². The van der Waals surface area contributed by atoms with Gasteiger partial charge in [-0.2, -0.15) is 5.26 Å². The summed E-state index contributed by atoms with van der Waals surface area (Å²) in [6.07, 6.45) is 1.98. The number of hydrogen-bond acceptors (Lipinski definition) is 7. The number of nitriles is 1. The van der Waals surface area contributed by atoms with Gasteiger partial charge in [0.15, 0.2) is 0 Å². The van der Waals surface area contributed by atoms with Crippen LogP contribution < -0.4 is 15.4 Å². The lowest BCUT2D eigenvalue weighted by molar-refractivity contribution is 0.0992. The zero-order valence-corrected chi connectivity index (χ0v) is 22.8. The van der Waals surface area contributed by atoms with E-state index >= 15 is 0 Å². The molecule has 1 amide bonds. The van der Waals surface area contributed by atoms with E-state index in [0.29, 0.717) is 28.1 Å². The number of ether oxygens (including phenoxy) is 1. The molecule has 2 aromatic carbocycles. The standard InChI is InChI=1S/C28H28N5O4P/c1-17-9-10-18(13-20(17)21-16-30-24(28(2,3)38)14-19(21)15-29)26(34)33(4)22-7-5-6-8-23(22)36-12-11-25-31-32-27(35)37-25/h5-10,13-14,16H,11-12,38H2,1-4H3,(H,32,35). The summed E-state index contributed by atoms with van der Waals surface area (Å²) in [7, 11) is 4.41. The highest BCUT2D eigenvalue weighted by Crippen LogP contribution is 2.34. The number of aromatic nitrogens is 3. The highest BCUT2D eigenvalue weighted by molar-refractivity contribution is 7.18. The van der Waals surface area contributed by atoms with E-state index < -0.39 is 5.76 Å². The molecule has 2 heterocycles. The van der Waals surface area contributed by atoms with Crippen molar-refractivity contribution in [3.8, 4) is 22.9 Å². The van der Waals surface area contributed by atoms with E-state index in [0.717, 1.165) is 16.8 Å². The number of rotatable bonds is 8. The van der Waals surface area contributed by atoms with E-state index in [-0.39, 0.29) is 30.0 Å². The summed E-state index contributed by atoms with van der Waals surface area (Å²) >= 11 is 0. The minimum atomic E-state index is -0.620. The number of carbonyl (C=O) groups is 1. The number of nitrogens with one attached hydrogen (secondary N) is 1. The van der Waals surface area contributed by atoms with Crippen molar-refractivity contribution in [3.05, 3.63) is 93.6 Å². The zero-order chi connectivity index (χ0) is 27.4. The maximum atomic E-state index is 13.6. The first-order chi connectivity index (χ1) is 18.1. The summed E-state index contributed by atoms with van der Waals surface area (Å²) in [4.78, 5) is 30.8. The number of pyridine rings is 1. The van der Waals surface area contributed by atoms with Gasteiger partial charge in [-0.3, -0.25) is 9.78 Å². The van der Waals surface area contributed by atoms with Gasteiger partial charge in [0.2, 0.25) is 5.89 Å². The topological polar surface area (TPSA) is 125 Å². The van der Waals surface area contributed by atoms with Crippen molar-refractivity contribution in [3.63, 3.8) is 0 Å². The fourth-order valence-corrected chi connectivity index (χ4v) is 4.09. The summed E-state index contributed by atoms with van der Waals surface area (Å²) in [6.45, 7) is 6.16. The van der Waals surface area contributed by atoms with E-state index in [1.54, 1.807) is 43.6 Å². The van der Waals surface area contributed by atoms with Crippen LogP contribution in [0.3, 0.4) is 0 Å². The smallest absolute Gasteiger partial charge is 0.434 e. The fraction of sp³-hybridized carbons (Fsp3) is 0.250. The molecule has 0 saturated heterocycles. The van der Waals surface area contributed by atoms with E-state index in [9.17, 15) is 14.9 Å². The van der Waals surface area contributed by atoms with Crippen molar-refractivity contribution in [1.82, 2.24) is 15.2 Å². The molecule has 0 aliphatic heterocycles. The average Bonchev–Trinajstić information content (AvgIpc) is 3.32. The molecule has 0 aliphatic rings. The van der Waals surface area contributed by atoms with Crippen LogP contribution in [-0.4, -0.2) is 34.7 Å². The van der Waals surface area contributed by atoms with Crippen molar-refractivity contribution in [2.75, 3.05) is 18.6 Å². The molecule has 0 fully saturated rings. The molecule has 9 nitrogen and oxygen atoms in total. The number of carbonyl (C=O) groups excluding carboxylic acids is 1. The Labute approximate surface area is 222 Å². The molecule has 1 unspecified atom stereocenters. The van der Waals surface area contributed by atoms with Gasteiger partial charge in [-0.05, 0) is 48.4 Å². The predicted molar refractivity (Wildman–Crippen MR) is 147 cm³/mol. The van der Waals surface area contributed by atoms with Crippen molar-refractivity contribution in [2.24, 2.45) is 0 Å². The summed E-state index contributed by atoms with van der Waals surface area (Å²) in [5, 5.41) is 15.6. The lowest BCUT2D eigenvalue weighted by Crippen LogP contribution is -2.27.